The van der Waals surface area contributed by atoms with Crippen molar-refractivity contribution in [3.8, 4) is 0 Å². The van der Waals surface area contributed by atoms with Crippen LogP contribution in [-0.2, 0) is 17.6 Å². The zero-order valence-corrected chi connectivity index (χ0v) is 13.2. The summed E-state index contributed by atoms with van der Waals surface area (Å²) in [6.45, 7) is 0. The van der Waals surface area contributed by atoms with E-state index >= 15 is 0 Å². The third-order valence-electron chi connectivity index (χ3n) is 3.57. The molecule has 1 aliphatic rings. The van der Waals surface area contributed by atoms with Gasteiger partial charge in [0, 0.05) is 10.3 Å². The molecule has 2 aromatic rings. The van der Waals surface area contributed by atoms with Crippen molar-refractivity contribution >= 4 is 39.6 Å². The molecule has 0 unspecified atom stereocenters. The molecule has 1 N–H and O–H groups in total. The van der Waals surface area contributed by atoms with Crippen LogP contribution < -0.4 is 5.32 Å². The van der Waals surface area contributed by atoms with E-state index in [0.29, 0.717) is 16.1 Å². The number of thiophene rings is 2. The summed E-state index contributed by atoms with van der Waals surface area (Å²) in [5.74, 6) is -0.546. The van der Waals surface area contributed by atoms with E-state index in [1.165, 1.54) is 34.7 Å². The summed E-state index contributed by atoms with van der Waals surface area (Å²) < 4.78 is 4.89. The Labute approximate surface area is 130 Å². The number of hydrogen-bond donors (Lipinski definition) is 1. The van der Waals surface area contributed by atoms with Gasteiger partial charge >= 0.3 is 5.97 Å². The summed E-state index contributed by atoms with van der Waals surface area (Å²) in [7, 11) is 1.37. The Kier molecular flexibility index (Phi) is 4.07. The maximum Gasteiger partial charge on any atom is 0.341 e. The maximum atomic E-state index is 12.2. The van der Waals surface area contributed by atoms with Gasteiger partial charge in [-0.15, -0.1) is 11.3 Å². The van der Waals surface area contributed by atoms with Gasteiger partial charge in [-0.05, 0) is 42.7 Å². The Balaban J connectivity index is 1.95. The first-order chi connectivity index (χ1) is 10.2. The van der Waals surface area contributed by atoms with Crippen molar-refractivity contribution in [1.29, 1.82) is 0 Å². The Bertz CT molecular complexity index is 673. The van der Waals surface area contributed by atoms with Crippen LogP contribution in [0.25, 0.3) is 0 Å². The Morgan fingerprint density at radius 3 is 2.81 bits per heavy atom. The van der Waals surface area contributed by atoms with Gasteiger partial charge in [0.25, 0.3) is 5.91 Å². The number of carbonyl (C=O) groups is 2. The molecule has 0 saturated carbocycles. The first-order valence-electron chi connectivity index (χ1n) is 6.77. The van der Waals surface area contributed by atoms with E-state index in [1.54, 1.807) is 11.4 Å². The summed E-state index contributed by atoms with van der Waals surface area (Å²) in [6.07, 6.45) is 4.06. The minimum atomic E-state index is -0.366. The van der Waals surface area contributed by atoms with Gasteiger partial charge < -0.3 is 10.1 Å². The molecule has 2 aromatic heterocycles. The highest BCUT2D eigenvalue weighted by atomic mass is 32.1. The van der Waals surface area contributed by atoms with Crippen LogP contribution in [0, 0.1) is 0 Å². The number of nitrogens with one attached hydrogen (secondary N) is 1. The topological polar surface area (TPSA) is 55.4 Å². The highest BCUT2D eigenvalue weighted by molar-refractivity contribution is 7.17. The molecule has 0 aromatic carbocycles. The molecule has 1 amide bonds. The summed E-state index contributed by atoms with van der Waals surface area (Å²) in [6, 6.07) is 1.77. The highest BCUT2D eigenvalue weighted by Crippen LogP contribution is 2.38. The van der Waals surface area contributed by atoms with E-state index in [4.69, 9.17) is 4.74 Å². The molecule has 6 heteroatoms. The number of anilines is 1. The van der Waals surface area contributed by atoms with Gasteiger partial charge in [0.15, 0.2) is 0 Å². The van der Waals surface area contributed by atoms with Crippen LogP contribution in [-0.4, -0.2) is 19.0 Å². The second kappa shape index (κ2) is 5.99. The molecule has 0 radical (unpaired) electrons. The number of rotatable bonds is 3. The van der Waals surface area contributed by atoms with E-state index in [2.05, 4.69) is 5.32 Å². The molecule has 1 aliphatic carbocycles. The van der Waals surface area contributed by atoms with Crippen LogP contribution in [0.5, 0.6) is 0 Å². The molecule has 0 saturated heterocycles. The van der Waals surface area contributed by atoms with E-state index in [-0.39, 0.29) is 11.9 Å². The molecule has 0 aliphatic heterocycles. The Hall–Kier alpha value is -1.66. The third kappa shape index (κ3) is 2.73. The fourth-order valence-corrected chi connectivity index (χ4v) is 4.45. The Morgan fingerprint density at radius 1 is 1.29 bits per heavy atom. The Morgan fingerprint density at radius 2 is 2.10 bits per heavy atom. The number of amides is 1. The average Bonchev–Trinajstić information content (AvgIpc) is 3.13. The van der Waals surface area contributed by atoms with Crippen LogP contribution in [0.1, 0.15) is 44.0 Å². The highest BCUT2D eigenvalue weighted by Gasteiger charge is 2.27. The molecular weight excluding hydrogens is 306 g/mol. The standard InChI is InChI=1S/C15H15NO3S2/c1-19-15(18)12-10-4-2-3-5-11(10)21-14(12)16-13(17)9-6-7-20-8-9/h6-8H,2-5H2,1H3,(H,16,17). The van der Waals surface area contributed by atoms with Crippen molar-refractivity contribution in [3.05, 3.63) is 38.4 Å². The minimum absolute atomic E-state index is 0.181. The largest absolute Gasteiger partial charge is 0.465 e. The fourth-order valence-electron chi connectivity index (χ4n) is 2.54. The maximum absolute atomic E-state index is 12.2. The monoisotopic (exact) mass is 321 g/mol. The van der Waals surface area contributed by atoms with Crippen molar-refractivity contribution in [2.75, 3.05) is 12.4 Å². The number of ether oxygens (including phenoxy) is 1. The number of esters is 1. The molecule has 110 valence electrons. The zero-order valence-electron chi connectivity index (χ0n) is 11.6. The first kappa shape index (κ1) is 14.3. The van der Waals surface area contributed by atoms with Gasteiger partial charge in [-0.25, -0.2) is 4.79 Å². The summed E-state index contributed by atoms with van der Waals surface area (Å²) in [4.78, 5) is 25.5. The number of aryl methyl sites for hydroxylation is 1. The van der Waals surface area contributed by atoms with Crippen LogP contribution in [0.3, 0.4) is 0 Å². The van der Waals surface area contributed by atoms with E-state index < -0.39 is 0 Å². The van der Waals surface area contributed by atoms with Gasteiger partial charge in [-0.2, -0.15) is 11.3 Å². The normalized spacial score (nSPS) is 13.6. The lowest BCUT2D eigenvalue weighted by Crippen LogP contribution is -2.14. The zero-order chi connectivity index (χ0) is 14.8. The van der Waals surface area contributed by atoms with Crippen molar-refractivity contribution in [1.82, 2.24) is 0 Å². The van der Waals surface area contributed by atoms with E-state index in [9.17, 15) is 9.59 Å². The van der Waals surface area contributed by atoms with E-state index in [0.717, 1.165) is 31.2 Å². The molecular formula is C15H15NO3S2. The van der Waals surface area contributed by atoms with Crippen molar-refractivity contribution in [2.24, 2.45) is 0 Å². The van der Waals surface area contributed by atoms with Crippen molar-refractivity contribution in [2.45, 2.75) is 25.7 Å². The number of methoxy groups -OCH3 is 1. The fraction of sp³-hybridized carbons (Fsp3) is 0.333. The van der Waals surface area contributed by atoms with Gasteiger partial charge in [-0.3, -0.25) is 4.79 Å². The third-order valence-corrected chi connectivity index (χ3v) is 5.46. The quantitative estimate of drug-likeness (QED) is 0.877. The lowest BCUT2D eigenvalue weighted by atomic mass is 9.95. The van der Waals surface area contributed by atoms with Crippen LogP contribution >= 0.6 is 22.7 Å². The van der Waals surface area contributed by atoms with Crippen LogP contribution in [0.4, 0.5) is 5.00 Å². The van der Waals surface area contributed by atoms with E-state index in [1.807, 2.05) is 5.38 Å². The summed E-state index contributed by atoms with van der Waals surface area (Å²) in [5.41, 5.74) is 2.21. The second-order valence-electron chi connectivity index (χ2n) is 4.87. The predicted octanol–water partition coefficient (Wildman–Crippen LogP) is 3.73. The molecule has 3 rings (SSSR count). The molecule has 0 atom stereocenters. The number of hydrogen-bond acceptors (Lipinski definition) is 5. The van der Waals surface area contributed by atoms with Gasteiger partial charge in [-0.1, -0.05) is 0 Å². The molecule has 21 heavy (non-hydrogen) atoms. The van der Waals surface area contributed by atoms with Crippen LogP contribution in [0.2, 0.25) is 0 Å². The second-order valence-corrected chi connectivity index (χ2v) is 6.76. The van der Waals surface area contributed by atoms with Crippen molar-refractivity contribution < 1.29 is 14.3 Å². The average molecular weight is 321 g/mol. The lowest BCUT2D eigenvalue weighted by Gasteiger charge is -2.11. The SMILES string of the molecule is COC(=O)c1c(NC(=O)c2ccsc2)sc2c1CCCC2. The van der Waals surface area contributed by atoms with Gasteiger partial charge in [0.05, 0.1) is 18.2 Å². The summed E-state index contributed by atoms with van der Waals surface area (Å²) >= 11 is 2.97. The van der Waals surface area contributed by atoms with Gasteiger partial charge in [0.2, 0.25) is 0 Å². The van der Waals surface area contributed by atoms with Gasteiger partial charge in [0.1, 0.15) is 5.00 Å². The van der Waals surface area contributed by atoms with Crippen LogP contribution in [0.15, 0.2) is 16.8 Å². The summed E-state index contributed by atoms with van der Waals surface area (Å²) in [5, 5.41) is 7.14. The molecule has 2 heterocycles. The molecule has 0 fully saturated rings. The predicted molar refractivity (Wildman–Crippen MR) is 84.6 cm³/mol. The number of fused-ring (bicyclic) bond motifs is 1. The first-order valence-corrected chi connectivity index (χ1v) is 8.53. The minimum Gasteiger partial charge on any atom is -0.465 e. The number of carbonyl (C=O) groups excluding carboxylic acids is 2. The molecule has 4 nitrogen and oxygen atoms in total. The smallest absolute Gasteiger partial charge is 0.341 e. The lowest BCUT2D eigenvalue weighted by molar-refractivity contribution is 0.0601. The molecule has 0 spiro atoms. The molecule has 0 bridgehead atoms. The van der Waals surface area contributed by atoms with Crippen molar-refractivity contribution in [3.63, 3.8) is 0 Å².